The average molecular weight is 406 g/mol. The topological polar surface area (TPSA) is 60.2 Å². The van der Waals surface area contributed by atoms with Crippen LogP contribution < -0.4 is 4.74 Å². The van der Waals surface area contributed by atoms with Crippen molar-refractivity contribution in [3.63, 3.8) is 0 Å². The van der Waals surface area contributed by atoms with E-state index < -0.39 is 0 Å². The molecule has 0 spiro atoms. The molecule has 6 nitrogen and oxygen atoms in total. The SMILES string of the molecule is O=C(Cn1cc(-c2ccc(F)cc2)cn1)N1C2CCC1CC(Oc1ccccn1)C2. The van der Waals surface area contributed by atoms with Crippen LogP contribution in [0.1, 0.15) is 25.7 Å². The first-order chi connectivity index (χ1) is 14.7. The maximum absolute atomic E-state index is 13.1. The van der Waals surface area contributed by atoms with E-state index in [1.165, 1.54) is 12.1 Å². The molecule has 2 aromatic heterocycles. The van der Waals surface area contributed by atoms with Gasteiger partial charge in [-0.15, -0.1) is 0 Å². The number of rotatable bonds is 5. The van der Waals surface area contributed by atoms with Crippen LogP contribution >= 0.6 is 0 Å². The number of nitrogens with zero attached hydrogens (tertiary/aromatic N) is 4. The van der Waals surface area contributed by atoms with Gasteiger partial charge in [-0.3, -0.25) is 9.48 Å². The standard InChI is InChI=1S/C23H23FN4O2/c24-18-6-4-16(5-7-18)17-13-26-27(14-17)15-23(29)28-19-8-9-20(28)12-21(11-19)30-22-3-1-2-10-25-22/h1-7,10,13-14,19-21H,8-9,11-12,15H2. The fourth-order valence-electron chi connectivity index (χ4n) is 4.68. The fraction of sp³-hybridized carbons (Fsp3) is 0.348. The van der Waals surface area contributed by atoms with Gasteiger partial charge in [-0.2, -0.15) is 5.10 Å². The maximum Gasteiger partial charge on any atom is 0.244 e. The molecule has 0 N–H and O–H groups in total. The van der Waals surface area contributed by atoms with Crippen LogP contribution in [0.25, 0.3) is 11.1 Å². The second-order valence-electron chi connectivity index (χ2n) is 8.00. The van der Waals surface area contributed by atoms with Crippen molar-refractivity contribution in [2.24, 2.45) is 0 Å². The Labute approximate surface area is 174 Å². The van der Waals surface area contributed by atoms with Crippen molar-refractivity contribution in [3.8, 4) is 17.0 Å². The molecule has 2 aliphatic rings. The normalized spacial score (nSPS) is 22.8. The first-order valence-electron chi connectivity index (χ1n) is 10.3. The van der Waals surface area contributed by atoms with Gasteiger partial charge in [0.05, 0.1) is 6.20 Å². The first kappa shape index (κ1) is 18.8. The quantitative estimate of drug-likeness (QED) is 0.649. The minimum atomic E-state index is -0.271. The molecule has 3 aromatic rings. The monoisotopic (exact) mass is 406 g/mol. The third kappa shape index (κ3) is 3.79. The lowest BCUT2D eigenvalue weighted by atomic mass is 9.99. The molecule has 1 aromatic carbocycles. The Bertz CT molecular complexity index is 1010. The minimum absolute atomic E-state index is 0.0903. The van der Waals surface area contributed by atoms with Crippen LogP contribution in [-0.4, -0.2) is 43.8 Å². The number of ether oxygens (including phenoxy) is 1. The van der Waals surface area contributed by atoms with Gasteiger partial charge < -0.3 is 9.64 Å². The highest BCUT2D eigenvalue weighted by Gasteiger charge is 2.44. The molecule has 5 rings (SSSR count). The molecule has 2 unspecified atom stereocenters. The number of benzene rings is 1. The van der Waals surface area contributed by atoms with Crippen molar-refractivity contribution < 1.29 is 13.9 Å². The van der Waals surface area contributed by atoms with E-state index in [4.69, 9.17) is 4.74 Å². The molecule has 4 heterocycles. The molecule has 2 fully saturated rings. The summed E-state index contributed by atoms with van der Waals surface area (Å²) in [6.07, 6.45) is 9.06. The predicted octanol–water partition coefficient (Wildman–Crippen LogP) is 3.69. The maximum atomic E-state index is 13.1. The van der Waals surface area contributed by atoms with E-state index in [0.29, 0.717) is 5.88 Å². The highest BCUT2D eigenvalue weighted by molar-refractivity contribution is 5.77. The number of piperidine rings is 1. The predicted molar refractivity (Wildman–Crippen MR) is 109 cm³/mol. The molecule has 2 atom stereocenters. The molecular weight excluding hydrogens is 383 g/mol. The first-order valence-corrected chi connectivity index (χ1v) is 10.3. The number of carbonyl (C=O) groups excluding carboxylic acids is 1. The number of hydrogen-bond acceptors (Lipinski definition) is 4. The van der Waals surface area contributed by atoms with E-state index in [-0.39, 0.29) is 36.5 Å². The smallest absolute Gasteiger partial charge is 0.244 e. The van der Waals surface area contributed by atoms with Crippen LogP contribution in [0.4, 0.5) is 4.39 Å². The Balaban J connectivity index is 1.23. The van der Waals surface area contributed by atoms with E-state index >= 15 is 0 Å². The number of aromatic nitrogens is 3. The molecule has 0 saturated carbocycles. The van der Waals surface area contributed by atoms with Gasteiger partial charge in [0.25, 0.3) is 0 Å². The van der Waals surface area contributed by atoms with E-state index in [2.05, 4.69) is 10.1 Å². The van der Waals surface area contributed by atoms with E-state index in [1.54, 1.807) is 29.2 Å². The number of amides is 1. The molecule has 1 amide bonds. The second kappa shape index (κ2) is 7.89. The van der Waals surface area contributed by atoms with Crippen LogP contribution in [0.2, 0.25) is 0 Å². The van der Waals surface area contributed by atoms with Crippen molar-refractivity contribution in [3.05, 3.63) is 66.9 Å². The van der Waals surface area contributed by atoms with Crippen LogP contribution in [-0.2, 0) is 11.3 Å². The third-order valence-corrected chi connectivity index (χ3v) is 6.01. The average Bonchev–Trinajstić information content (AvgIpc) is 3.32. The summed E-state index contributed by atoms with van der Waals surface area (Å²) in [6, 6.07) is 12.3. The molecule has 0 aliphatic carbocycles. The Kier molecular flexibility index (Phi) is 4.94. The van der Waals surface area contributed by atoms with Gasteiger partial charge >= 0.3 is 0 Å². The van der Waals surface area contributed by atoms with Gasteiger partial charge in [-0.05, 0) is 36.6 Å². The van der Waals surface area contributed by atoms with E-state index in [1.807, 2.05) is 29.3 Å². The van der Waals surface area contributed by atoms with Crippen LogP contribution in [0.3, 0.4) is 0 Å². The van der Waals surface area contributed by atoms with Crippen molar-refractivity contribution in [2.75, 3.05) is 0 Å². The summed E-state index contributed by atoms with van der Waals surface area (Å²) < 4.78 is 20.8. The summed E-state index contributed by atoms with van der Waals surface area (Å²) in [7, 11) is 0. The molecule has 0 radical (unpaired) electrons. The van der Waals surface area contributed by atoms with Gasteiger partial charge in [0, 0.05) is 48.9 Å². The minimum Gasteiger partial charge on any atom is -0.474 e. The Morgan fingerprint density at radius 1 is 1.07 bits per heavy atom. The van der Waals surface area contributed by atoms with E-state index in [0.717, 1.165) is 36.8 Å². The zero-order chi connectivity index (χ0) is 20.5. The molecule has 2 bridgehead atoms. The van der Waals surface area contributed by atoms with Gasteiger partial charge in [0.2, 0.25) is 11.8 Å². The Hall–Kier alpha value is -3.22. The highest BCUT2D eigenvalue weighted by atomic mass is 19.1. The molecule has 30 heavy (non-hydrogen) atoms. The zero-order valence-corrected chi connectivity index (χ0v) is 16.5. The van der Waals surface area contributed by atoms with Gasteiger partial charge in [0.1, 0.15) is 18.5 Å². The lowest BCUT2D eigenvalue weighted by molar-refractivity contribution is -0.137. The fourth-order valence-corrected chi connectivity index (χ4v) is 4.68. The Morgan fingerprint density at radius 2 is 1.83 bits per heavy atom. The largest absolute Gasteiger partial charge is 0.474 e. The summed E-state index contributed by atoms with van der Waals surface area (Å²) >= 11 is 0. The number of carbonyl (C=O) groups is 1. The Morgan fingerprint density at radius 3 is 2.53 bits per heavy atom. The third-order valence-electron chi connectivity index (χ3n) is 6.01. The van der Waals surface area contributed by atoms with E-state index in [9.17, 15) is 9.18 Å². The molecule has 2 saturated heterocycles. The van der Waals surface area contributed by atoms with Crippen molar-refractivity contribution in [2.45, 2.75) is 50.4 Å². The number of pyridine rings is 1. The van der Waals surface area contributed by atoms with Gasteiger partial charge in [0.15, 0.2) is 0 Å². The molecule has 154 valence electrons. The lowest BCUT2D eigenvalue weighted by Crippen LogP contribution is -2.50. The van der Waals surface area contributed by atoms with Gasteiger partial charge in [-0.1, -0.05) is 18.2 Å². The summed E-state index contributed by atoms with van der Waals surface area (Å²) in [5.74, 6) is 0.464. The van der Waals surface area contributed by atoms with Crippen molar-refractivity contribution >= 4 is 5.91 Å². The second-order valence-corrected chi connectivity index (χ2v) is 8.00. The van der Waals surface area contributed by atoms with Crippen LogP contribution in [0.15, 0.2) is 61.1 Å². The van der Waals surface area contributed by atoms with Crippen LogP contribution in [0, 0.1) is 5.82 Å². The number of fused-ring (bicyclic) bond motifs is 2. The lowest BCUT2D eigenvalue weighted by Gasteiger charge is -2.38. The van der Waals surface area contributed by atoms with Crippen molar-refractivity contribution in [1.82, 2.24) is 19.7 Å². The number of hydrogen-bond donors (Lipinski definition) is 0. The van der Waals surface area contributed by atoms with Gasteiger partial charge in [-0.25, -0.2) is 9.37 Å². The van der Waals surface area contributed by atoms with Crippen LogP contribution in [0.5, 0.6) is 5.88 Å². The summed E-state index contributed by atoms with van der Waals surface area (Å²) in [4.78, 5) is 19.3. The highest BCUT2D eigenvalue weighted by Crippen LogP contribution is 2.37. The summed E-state index contributed by atoms with van der Waals surface area (Å²) in [6.45, 7) is 0.208. The molecular formula is C23H23FN4O2. The summed E-state index contributed by atoms with van der Waals surface area (Å²) in [5, 5.41) is 4.33. The summed E-state index contributed by atoms with van der Waals surface area (Å²) in [5.41, 5.74) is 1.75. The zero-order valence-electron chi connectivity index (χ0n) is 16.5. The molecule has 7 heteroatoms. The van der Waals surface area contributed by atoms with Crippen molar-refractivity contribution in [1.29, 1.82) is 0 Å². The number of halogens is 1. The molecule has 2 aliphatic heterocycles.